The summed E-state index contributed by atoms with van der Waals surface area (Å²) in [6, 6.07) is 0. The van der Waals surface area contributed by atoms with Crippen LogP contribution in [0.5, 0.6) is 0 Å². The molecule has 1 atom stereocenters. The summed E-state index contributed by atoms with van der Waals surface area (Å²) in [4.78, 5) is 0. The molecule has 0 aromatic carbocycles. The molecule has 0 saturated carbocycles. The fourth-order valence-corrected chi connectivity index (χ4v) is 1.67. The third-order valence-corrected chi connectivity index (χ3v) is 2.57. The fraction of sp³-hybridized carbons (Fsp3) is 0.583. The Kier molecular flexibility index (Phi) is 13.1. The molecule has 15 heavy (non-hydrogen) atoms. The molecule has 0 N–H and O–H groups in total. The number of rotatable bonds is 0. The van der Waals surface area contributed by atoms with Gasteiger partial charge in [0.05, 0.1) is 5.38 Å². The first-order chi connectivity index (χ1) is 7.39. The minimum absolute atomic E-state index is 0.328. The molecule has 0 aromatic rings. The molecule has 2 aliphatic rings. The number of alkyl halides is 1. The predicted molar refractivity (Wildman–Crippen MR) is 65.8 cm³/mol. The third kappa shape index (κ3) is 10.8. The van der Waals surface area contributed by atoms with E-state index in [9.17, 15) is 0 Å². The zero-order valence-corrected chi connectivity index (χ0v) is 13.6. The monoisotopic (exact) mass is 296 g/mol. The average Bonchev–Trinajstić information content (AvgIpc) is 2.36. The summed E-state index contributed by atoms with van der Waals surface area (Å²) < 4.78 is 0. The van der Waals surface area contributed by atoms with Gasteiger partial charge >= 0.3 is 27.0 Å². The second-order valence-electron chi connectivity index (χ2n) is 3.47. The summed E-state index contributed by atoms with van der Waals surface area (Å²) >= 11 is 6.58. The zero-order chi connectivity index (χ0) is 11.4. The topological polar surface area (TPSA) is 0 Å². The van der Waals surface area contributed by atoms with E-state index in [-0.39, 0.29) is 0 Å². The van der Waals surface area contributed by atoms with E-state index in [1.54, 1.807) is 0 Å². The van der Waals surface area contributed by atoms with E-state index in [1.165, 1.54) is 32.1 Å². The van der Waals surface area contributed by atoms with Gasteiger partial charge in [0.15, 0.2) is 0 Å². The molecule has 0 saturated heterocycles. The van der Waals surface area contributed by atoms with Gasteiger partial charge in [0.25, 0.3) is 0 Å². The van der Waals surface area contributed by atoms with Crippen molar-refractivity contribution < 1.29 is 17.3 Å². The quantitative estimate of drug-likeness (QED) is 0.257. The van der Waals surface area contributed by atoms with Crippen molar-refractivity contribution in [1.82, 2.24) is 0 Å². The van der Waals surface area contributed by atoms with Crippen LogP contribution in [0.2, 0.25) is 0 Å². The van der Waals surface area contributed by atoms with Gasteiger partial charge in [-0.25, -0.2) is 18.6 Å². The fourth-order valence-electron chi connectivity index (χ4n) is 1.41. The van der Waals surface area contributed by atoms with Gasteiger partial charge in [0, 0.05) is 0 Å². The molecule has 0 aromatic heterocycles. The molecule has 0 nitrogen and oxygen atoms in total. The van der Waals surface area contributed by atoms with Crippen LogP contribution in [0.1, 0.15) is 38.5 Å². The van der Waals surface area contributed by atoms with Crippen molar-refractivity contribution in [3.8, 4) is 0 Å². The molecule has 3 heteroatoms. The number of hydrogen-bond acceptors (Lipinski definition) is 0. The van der Waals surface area contributed by atoms with Crippen LogP contribution in [0.3, 0.4) is 0 Å². The summed E-state index contributed by atoms with van der Waals surface area (Å²) in [6.45, 7) is 0. The van der Waals surface area contributed by atoms with Crippen LogP contribution in [0.25, 0.3) is 0 Å². The first-order valence-corrected chi connectivity index (χ1v) is 9.79. The third-order valence-electron chi connectivity index (χ3n) is 2.21. The standard InChI is InChI=1S/C6H9Cl.C6H9.ClH.Zn/c7-6-4-2-1-3-5-6;1-2-4-6-5-3-1;;/h2,4,6H,1,3,5H2;1-3H,4-6H2;1H;/q;-1;;+2/p-1. The first kappa shape index (κ1) is 15.6. The van der Waals surface area contributed by atoms with Crippen molar-refractivity contribution in [3.63, 3.8) is 0 Å². The normalized spacial score (nSPS) is 22.8. The van der Waals surface area contributed by atoms with E-state index in [0.717, 1.165) is 23.7 Å². The molecule has 0 amide bonds. The van der Waals surface area contributed by atoms with E-state index in [2.05, 4.69) is 30.7 Å². The molecular weight excluding hydrogens is 280 g/mol. The minimum atomic E-state index is 0.328. The van der Waals surface area contributed by atoms with Crippen molar-refractivity contribution >= 4 is 21.3 Å². The molecule has 0 aliphatic heterocycles. The molecule has 0 fully saturated rings. The van der Waals surface area contributed by atoms with E-state index >= 15 is 0 Å². The van der Waals surface area contributed by atoms with Gasteiger partial charge in [-0.15, -0.1) is 24.4 Å². The van der Waals surface area contributed by atoms with Crippen LogP contribution >= 0.6 is 21.3 Å². The zero-order valence-electron chi connectivity index (χ0n) is 9.17. The summed E-state index contributed by atoms with van der Waals surface area (Å²) in [5.41, 5.74) is 0. The van der Waals surface area contributed by atoms with Crippen molar-refractivity contribution in [3.05, 3.63) is 30.7 Å². The van der Waals surface area contributed by atoms with Crippen molar-refractivity contribution in [2.75, 3.05) is 0 Å². The van der Waals surface area contributed by atoms with Gasteiger partial charge in [0.2, 0.25) is 0 Å². The van der Waals surface area contributed by atoms with Gasteiger partial charge in [0.1, 0.15) is 0 Å². The van der Waals surface area contributed by atoms with E-state index in [0.29, 0.717) is 5.38 Å². The van der Waals surface area contributed by atoms with Gasteiger partial charge in [-0.05, 0) is 19.3 Å². The second-order valence-corrected chi connectivity index (χ2v) is 4.03. The predicted octanol–water partition coefficient (Wildman–Crippen LogP) is 4.95. The molecule has 2 aliphatic carbocycles. The van der Waals surface area contributed by atoms with Crippen LogP contribution in [0.15, 0.2) is 24.3 Å². The number of allylic oxidation sites excluding steroid dienone is 4. The van der Waals surface area contributed by atoms with Crippen LogP contribution in [-0.2, 0) is 17.3 Å². The molecule has 2 rings (SSSR count). The van der Waals surface area contributed by atoms with Crippen molar-refractivity contribution in [1.29, 1.82) is 0 Å². The Labute approximate surface area is 113 Å². The Hall–Kier alpha value is 0.553. The summed E-state index contributed by atoms with van der Waals surface area (Å²) in [7, 11) is 4.76. The van der Waals surface area contributed by atoms with Crippen LogP contribution in [0, 0.1) is 6.42 Å². The Bertz CT molecular complexity index is 170. The van der Waals surface area contributed by atoms with Gasteiger partial charge in [-0.1, -0.05) is 18.6 Å². The van der Waals surface area contributed by atoms with Crippen molar-refractivity contribution in [2.24, 2.45) is 0 Å². The summed E-state index contributed by atoms with van der Waals surface area (Å²) in [6.07, 6.45) is 18.4. The Morgan fingerprint density at radius 1 is 1.13 bits per heavy atom. The summed E-state index contributed by atoms with van der Waals surface area (Å²) in [5, 5.41) is 0.328. The molecule has 0 bridgehead atoms. The molecule has 82 valence electrons. The maximum absolute atomic E-state index is 5.73. The van der Waals surface area contributed by atoms with Gasteiger partial charge < -0.3 is 0 Å². The Balaban J connectivity index is 0.000000227. The average molecular weight is 299 g/mol. The van der Waals surface area contributed by atoms with Crippen molar-refractivity contribution in [2.45, 2.75) is 43.9 Å². The van der Waals surface area contributed by atoms with Crippen LogP contribution < -0.4 is 0 Å². The van der Waals surface area contributed by atoms with Crippen LogP contribution in [0.4, 0.5) is 0 Å². The van der Waals surface area contributed by atoms with Crippen LogP contribution in [-0.4, -0.2) is 5.38 Å². The Morgan fingerprint density at radius 3 is 2.07 bits per heavy atom. The van der Waals surface area contributed by atoms with E-state index < -0.39 is 0 Å². The molecule has 0 radical (unpaired) electrons. The molecular formula is C12H18Cl2Zn. The summed E-state index contributed by atoms with van der Waals surface area (Å²) in [5.74, 6) is 0. The molecule has 0 spiro atoms. The maximum atomic E-state index is 5.73. The SMILES string of the molecule is C1=CCCC[CH-]1.ClC1C=CCCC1.[Cl][Zn+]. The van der Waals surface area contributed by atoms with Gasteiger partial charge in [-0.2, -0.15) is 0 Å². The number of halogens is 2. The van der Waals surface area contributed by atoms with E-state index in [4.69, 9.17) is 21.3 Å². The number of hydrogen-bond donors (Lipinski definition) is 0. The Morgan fingerprint density at radius 2 is 1.87 bits per heavy atom. The second kappa shape index (κ2) is 12.6. The first-order valence-electron chi connectivity index (χ1n) is 5.45. The van der Waals surface area contributed by atoms with Gasteiger partial charge in [-0.3, -0.25) is 0 Å². The molecule has 1 unspecified atom stereocenters. The van der Waals surface area contributed by atoms with E-state index in [1.807, 2.05) is 0 Å². The molecule has 0 heterocycles.